The van der Waals surface area contributed by atoms with Crippen LogP contribution in [0.15, 0.2) is 52.2 Å². The maximum atomic E-state index is 13.0. The molecule has 0 saturated carbocycles. The molecule has 4 nitrogen and oxygen atoms in total. The van der Waals surface area contributed by atoms with Gasteiger partial charge in [-0.2, -0.15) is 0 Å². The Bertz CT molecular complexity index is 588. The molecule has 1 aromatic carbocycles. The van der Waals surface area contributed by atoms with E-state index >= 15 is 0 Å². The smallest absolute Gasteiger partial charge is 0.335 e. The van der Waals surface area contributed by atoms with Crippen LogP contribution in [0.1, 0.15) is 31.1 Å². The molecule has 104 valence electrons. The SMILES string of the molecule is CCCC(=O)O/N=C(\c1ccc(F)cc1)c1ccco1. The lowest BCUT2D eigenvalue weighted by Gasteiger charge is -2.03. The molecule has 2 aromatic rings. The molecule has 0 fully saturated rings. The number of carbonyl (C=O) groups is 1. The Morgan fingerprint density at radius 3 is 2.65 bits per heavy atom. The minimum Gasteiger partial charge on any atom is -0.463 e. The van der Waals surface area contributed by atoms with Crippen molar-refractivity contribution in [1.29, 1.82) is 0 Å². The van der Waals surface area contributed by atoms with Crippen molar-refractivity contribution in [3.8, 4) is 0 Å². The molecular formula is C15H14FNO3. The molecular weight excluding hydrogens is 261 g/mol. The third-order valence-electron chi connectivity index (χ3n) is 2.57. The van der Waals surface area contributed by atoms with E-state index in [1.165, 1.54) is 18.4 Å². The fourth-order valence-corrected chi connectivity index (χ4v) is 1.61. The van der Waals surface area contributed by atoms with Gasteiger partial charge in [-0.1, -0.05) is 12.1 Å². The Morgan fingerprint density at radius 2 is 2.05 bits per heavy atom. The largest absolute Gasteiger partial charge is 0.463 e. The number of furan rings is 1. The Hall–Kier alpha value is -2.43. The molecule has 0 unspecified atom stereocenters. The predicted molar refractivity (Wildman–Crippen MR) is 71.7 cm³/mol. The van der Waals surface area contributed by atoms with Crippen LogP contribution in [0.3, 0.4) is 0 Å². The van der Waals surface area contributed by atoms with Gasteiger partial charge in [0.25, 0.3) is 0 Å². The Balaban J connectivity index is 2.28. The lowest BCUT2D eigenvalue weighted by atomic mass is 10.1. The first-order valence-corrected chi connectivity index (χ1v) is 6.28. The number of nitrogens with zero attached hydrogens (tertiary/aromatic N) is 1. The molecule has 1 aromatic heterocycles. The number of rotatable bonds is 5. The highest BCUT2D eigenvalue weighted by Crippen LogP contribution is 2.13. The molecule has 0 amide bonds. The number of carbonyl (C=O) groups excluding carboxylic acids is 1. The van der Waals surface area contributed by atoms with E-state index in [0.29, 0.717) is 29.9 Å². The van der Waals surface area contributed by atoms with Crippen LogP contribution < -0.4 is 0 Å². The van der Waals surface area contributed by atoms with E-state index in [1.54, 1.807) is 24.3 Å². The predicted octanol–water partition coefficient (Wildman–Crippen LogP) is 3.51. The second-order valence-corrected chi connectivity index (χ2v) is 4.14. The van der Waals surface area contributed by atoms with Gasteiger partial charge in [-0.25, -0.2) is 9.18 Å². The summed E-state index contributed by atoms with van der Waals surface area (Å²) in [5.41, 5.74) is 0.949. The van der Waals surface area contributed by atoms with E-state index in [4.69, 9.17) is 9.25 Å². The average molecular weight is 275 g/mol. The zero-order valence-corrected chi connectivity index (χ0v) is 11.0. The Morgan fingerprint density at radius 1 is 1.30 bits per heavy atom. The molecule has 0 aliphatic carbocycles. The van der Waals surface area contributed by atoms with Crippen molar-refractivity contribution in [2.75, 3.05) is 0 Å². The van der Waals surface area contributed by atoms with Crippen LogP contribution in [-0.4, -0.2) is 11.7 Å². The van der Waals surface area contributed by atoms with Gasteiger partial charge in [0.1, 0.15) is 5.82 Å². The fourth-order valence-electron chi connectivity index (χ4n) is 1.61. The van der Waals surface area contributed by atoms with Crippen LogP contribution in [0.4, 0.5) is 4.39 Å². The standard InChI is InChI=1S/C15H14FNO3/c1-2-4-14(18)20-17-15(13-5-3-10-19-13)11-6-8-12(16)9-7-11/h3,5-10H,2,4H2,1H3/b17-15+. The summed E-state index contributed by atoms with van der Waals surface area (Å²) in [5.74, 6) is -0.324. The van der Waals surface area contributed by atoms with Crippen molar-refractivity contribution in [2.45, 2.75) is 19.8 Å². The van der Waals surface area contributed by atoms with E-state index < -0.39 is 5.97 Å². The third-order valence-corrected chi connectivity index (χ3v) is 2.57. The van der Waals surface area contributed by atoms with E-state index in [-0.39, 0.29) is 5.82 Å². The first kappa shape index (κ1) is 14.0. The highest BCUT2D eigenvalue weighted by Gasteiger charge is 2.12. The minimum absolute atomic E-state index is 0.290. The van der Waals surface area contributed by atoms with Gasteiger partial charge in [0.15, 0.2) is 11.5 Å². The molecule has 0 N–H and O–H groups in total. The van der Waals surface area contributed by atoms with Gasteiger partial charge >= 0.3 is 5.97 Å². The first-order chi connectivity index (χ1) is 9.70. The summed E-state index contributed by atoms with van der Waals surface area (Å²) in [6.45, 7) is 1.87. The summed E-state index contributed by atoms with van der Waals surface area (Å²) in [6.07, 6.45) is 2.46. The van der Waals surface area contributed by atoms with Gasteiger partial charge in [0.2, 0.25) is 0 Å². The summed E-state index contributed by atoms with van der Waals surface area (Å²) in [7, 11) is 0. The summed E-state index contributed by atoms with van der Waals surface area (Å²) in [4.78, 5) is 16.2. The van der Waals surface area contributed by atoms with E-state index in [9.17, 15) is 9.18 Å². The molecule has 0 aliphatic rings. The van der Waals surface area contributed by atoms with Crippen molar-refractivity contribution in [3.63, 3.8) is 0 Å². The molecule has 0 atom stereocenters. The quantitative estimate of drug-likeness (QED) is 0.476. The van der Waals surface area contributed by atoms with Crippen LogP contribution in [-0.2, 0) is 9.63 Å². The maximum Gasteiger partial charge on any atom is 0.335 e. The van der Waals surface area contributed by atoms with E-state index in [1.807, 2.05) is 6.92 Å². The molecule has 2 rings (SSSR count). The highest BCUT2D eigenvalue weighted by molar-refractivity contribution is 6.11. The van der Waals surface area contributed by atoms with Crippen LogP contribution in [0.2, 0.25) is 0 Å². The van der Waals surface area contributed by atoms with Crippen LogP contribution in [0.25, 0.3) is 0 Å². The first-order valence-electron chi connectivity index (χ1n) is 6.28. The van der Waals surface area contributed by atoms with Gasteiger partial charge in [0.05, 0.1) is 6.26 Å². The molecule has 20 heavy (non-hydrogen) atoms. The molecule has 5 heteroatoms. The van der Waals surface area contributed by atoms with Crippen molar-refractivity contribution >= 4 is 11.7 Å². The topological polar surface area (TPSA) is 51.8 Å². The lowest BCUT2D eigenvalue weighted by Crippen LogP contribution is -2.06. The van der Waals surface area contributed by atoms with Crippen LogP contribution >= 0.6 is 0 Å². The zero-order valence-electron chi connectivity index (χ0n) is 11.0. The average Bonchev–Trinajstić information content (AvgIpc) is 2.95. The number of oxime groups is 1. The molecule has 1 heterocycles. The van der Waals surface area contributed by atoms with Gasteiger partial charge < -0.3 is 9.25 Å². The van der Waals surface area contributed by atoms with Crippen LogP contribution in [0.5, 0.6) is 0 Å². The normalized spacial score (nSPS) is 11.4. The Labute approximate surface area is 115 Å². The lowest BCUT2D eigenvalue weighted by molar-refractivity contribution is -0.143. The molecule has 0 aliphatic heterocycles. The monoisotopic (exact) mass is 275 g/mol. The number of hydrogen-bond acceptors (Lipinski definition) is 4. The van der Waals surface area contributed by atoms with Gasteiger partial charge in [-0.05, 0) is 42.8 Å². The van der Waals surface area contributed by atoms with Gasteiger partial charge in [-0.3, -0.25) is 0 Å². The highest BCUT2D eigenvalue weighted by atomic mass is 19.1. The van der Waals surface area contributed by atoms with Gasteiger partial charge in [-0.15, -0.1) is 0 Å². The minimum atomic E-state index is -0.418. The van der Waals surface area contributed by atoms with Crippen molar-refractivity contribution in [2.24, 2.45) is 5.16 Å². The summed E-state index contributed by atoms with van der Waals surface area (Å²) in [6, 6.07) is 9.09. The van der Waals surface area contributed by atoms with Gasteiger partial charge in [0, 0.05) is 12.0 Å². The van der Waals surface area contributed by atoms with E-state index in [2.05, 4.69) is 5.16 Å². The number of halogens is 1. The summed E-state index contributed by atoms with van der Waals surface area (Å²) < 4.78 is 18.2. The second kappa shape index (κ2) is 6.65. The molecule has 0 bridgehead atoms. The number of hydrogen-bond donors (Lipinski definition) is 0. The molecule has 0 radical (unpaired) electrons. The zero-order chi connectivity index (χ0) is 14.4. The van der Waals surface area contributed by atoms with E-state index in [0.717, 1.165) is 0 Å². The number of benzene rings is 1. The van der Waals surface area contributed by atoms with Crippen molar-refractivity contribution in [3.05, 3.63) is 59.8 Å². The molecule has 0 saturated heterocycles. The fraction of sp³-hybridized carbons (Fsp3) is 0.200. The third kappa shape index (κ3) is 3.54. The Kier molecular flexibility index (Phi) is 4.65. The second-order valence-electron chi connectivity index (χ2n) is 4.14. The van der Waals surface area contributed by atoms with Crippen molar-refractivity contribution in [1.82, 2.24) is 0 Å². The summed E-state index contributed by atoms with van der Waals surface area (Å²) >= 11 is 0. The molecule has 0 spiro atoms. The van der Waals surface area contributed by atoms with Crippen LogP contribution in [0, 0.1) is 5.82 Å². The summed E-state index contributed by atoms with van der Waals surface area (Å²) in [5, 5.41) is 3.84. The maximum absolute atomic E-state index is 13.0. The van der Waals surface area contributed by atoms with Crippen molar-refractivity contribution < 1.29 is 18.4 Å².